The molecule has 0 heterocycles. The number of rotatable bonds is 4. The Morgan fingerprint density at radius 2 is 2.46 bits per heavy atom. The lowest BCUT2D eigenvalue weighted by molar-refractivity contribution is 0.206. The van der Waals surface area contributed by atoms with Crippen LogP contribution < -0.4 is 5.32 Å². The monoisotopic (exact) mass is 197 g/mol. The highest BCUT2D eigenvalue weighted by Gasteiger charge is 2.14. The molecule has 1 aliphatic carbocycles. The third-order valence-electron chi connectivity index (χ3n) is 2.06. The summed E-state index contributed by atoms with van der Waals surface area (Å²) in [6, 6.07) is 0. The number of aliphatic hydroxyl groups is 1. The number of thiocarbonyl (C=S) groups is 1. The van der Waals surface area contributed by atoms with E-state index >= 15 is 0 Å². The van der Waals surface area contributed by atoms with Gasteiger partial charge in [-0.1, -0.05) is 30.4 Å². The minimum atomic E-state index is -0.412. The van der Waals surface area contributed by atoms with Crippen LogP contribution in [0, 0.1) is 0 Å². The van der Waals surface area contributed by atoms with E-state index in [4.69, 9.17) is 12.2 Å². The Kier molecular flexibility index (Phi) is 4.28. The summed E-state index contributed by atoms with van der Waals surface area (Å²) in [5.41, 5.74) is 0.910. The zero-order valence-corrected chi connectivity index (χ0v) is 8.60. The number of nitrogens with one attached hydrogen (secondary N) is 1. The molecule has 0 spiro atoms. The van der Waals surface area contributed by atoms with Crippen molar-refractivity contribution < 1.29 is 5.11 Å². The molecule has 1 rings (SSSR count). The van der Waals surface area contributed by atoms with Gasteiger partial charge in [0.15, 0.2) is 0 Å². The predicted molar refractivity (Wildman–Crippen MR) is 59.0 cm³/mol. The molecule has 0 aliphatic heterocycles. The molecular formula is C10H15NOS. The van der Waals surface area contributed by atoms with Gasteiger partial charge in [0.1, 0.15) is 0 Å². The fourth-order valence-corrected chi connectivity index (χ4v) is 1.59. The molecule has 1 atom stereocenters. The standard InChI is InChI=1S/C10H15NOS/c1-11-7-6-9(12)8-4-2-3-5-10(8)13/h2-4,9,11-12H,5-7H2,1H3. The van der Waals surface area contributed by atoms with Gasteiger partial charge >= 0.3 is 0 Å². The predicted octanol–water partition coefficient (Wildman–Crippen LogP) is 1.21. The van der Waals surface area contributed by atoms with Crippen molar-refractivity contribution in [3.8, 4) is 0 Å². The minimum Gasteiger partial charge on any atom is -0.388 e. The first-order valence-electron chi connectivity index (χ1n) is 4.48. The van der Waals surface area contributed by atoms with Crippen LogP contribution in [0.25, 0.3) is 0 Å². The van der Waals surface area contributed by atoms with Crippen molar-refractivity contribution in [2.75, 3.05) is 13.6 Å². The van der Waals surface area contributed by atoms with Gasteiger partial charge in [-0.3, -0.25) is 0 Å². The Morgan fingerprint density at radius 1 is 1.69 bits per heavy atom. The normalized spacial score (nSPS) is 18.6. The second-order valence-corrected chi connectivity index (χ2v) is 3.58. The summed E-state index contributed by atoms with van der Waals surface area (Å²) in [7, 11) is 1.88. The summed E-state index contributed by atoms with van der Waals surface area (Å²) >= 11 is 5.15. The molecule has 0 fully saturated rings. The SMILES string of the molecule is CNCCC(O)C1=CC=CCC1=S. The summed E-state index contributed by atoms with van der Waals surface area (Å²) in [4.78, 5) is 0.867. The highest BCUT2D eigenvalue weighted by Crippen LogP contribution is 2.15. The Bertz CT molecular complexity index is 245. The van der Waals surface area contributed by atoms with Crippen molar-refractivity contribution >= 4 is 17.1 Å². The maximum atomic E-state index is 9.75. The van der Waals surface area contributed by atoms with E-state index in [-0.39, 0.29) is 0 Å². The third-order valence-corrected chi connectivity index (χ3v) is 2.47. The van der Waals surface area contributed by atoms with Crippen LogP contribution in [0.2, 0.25) is 0 Å². The van der Waals surface area contributed by atoms with Crippen molar-refractivity contribution in [3.05, 3.63) is 23.8 Å². The Morgan fingerprint density at radius 3 is 3.08 bits per heavy atom. The molecule has 1 aliphatic rings. The van der Waals surface area contributed by atoms with E-state index in [1.165, 1.54) is 0 Å². The van der Waals surface area contributed by atoms with E-state index in [2.05, 4.69) is 5.32 Å². The molecule has 0 aromatic carbocycles. The van der Waals surface area contributed by atoms with Crippen LogP contribution in [0.3, 0.4) is 0 Å². The quantitative estimate of drug-likeness (QED) is 0.665. The molecule has 0 saturated heterocycles. The molecule has 0 radical (unpaired) electrons. The minimum absolute atomic E-state index is 0.412. The van der Waals surface area contributed by atoms with Crippen molar-refractivity contribution in [3.63, 3.8) is 0 Å². The first kappa shape index (κ1) is 10.6. The van der Waals surface area contributed by atoms with Crippen molar-refractivity contribution in [1.29, 1.82) is 0 Å². The maximum absolute atomic E-state index is 9.75. The smallest absolute Gasteiger partial charge is 0.0813 e. The lowest BCUT2D eigenvalue weighted by Gasteiger charge is -2.16. The molecule has 72 valence electrons. The largest absolute Gasteiger partial charge is 0.388 e. The lowest BCUT2D eigenvalue weighted by atomic mass is 9.97. The number of hydrogen-bond donors (Lipinski definition) is 2. The molecule has 0 aromatic rings. The van der Waals surface area contributed by atoms with Crippen LogP contribution in [-0.4, -0.2) is 29.7 Å². The van der Waals surface area contributed by atoms with E-state index in [1.807, 2.05) is 25.3 Å². The summed E-state index contributed by atoms with van der Waals surface area (Å²) in [5.74, 6) is 0. The van der Waals surface area contributed by atoms with Gasteiger partial charge in [0, 0.05) is 11.3 Å². The van der Waals surface area contributed by atoms with Gasteiger partial charge in [0.2, 0.25) is 0 Å². The van der Waals surface area contributed by atoms with Gasteiger partial charge in [0.25, 0.3) is 0 Å². The number of hydrogen-bond acceptors (Lipinski definition) is 3. The van der Waals surface area contributed by atoms with Crippen LogP contribution in [-0.2, 0) is 0 Å². The lowest BCUT2D eigenvalue weighted by Crippen LogP contribution is -2.22. The van der Waals surface area contributed by atoms with Crippen LogP contribution in [0.1, 0.15) is 12.8 Å². The first-order valence-corrected chi connectivity index (χ1v) is 4.89. The molecule has 2 nitrogen and oxygen atoms in total. The highest BCUT2D eigenvalue weighted by atomic mass is 32.1. The van der Waals surface area contributed by atoms with E-state index in [0.29, 0.717) is 0 Å². The first-order chi connectivity index (χ1) is 6.25. The van der Waals surface area contributed by atoms with Crippen molar-refractivity contribution in [2.24, 2.45) is 0 Å². The van der Waals surface area contributed by atoms with E-state index in [9.17, 15) is 5.11 Å². The molecule has 13 heavy (non-hydrogen) atoms. The zero-order chi connectivity index (χ0) is 9.68. The Labute approximate surface area is 84.3 Å². The average molecular weight is 197 g/mol. The van der Waals surface area contributed by atoms with Gasteiger partial charge in [-0.2, -0.15) is 0 Å². The second kappa shape index (κ2) is 5.27. The summed E-state index contributed by atoms with van der Waals surface area (Å²) in [6.45, 7) is 0.810. The van der Waals surface area contributed by atoms with Crippen LogP contribution in [0.15, 0.2) is 23.8 Å². The third kappa shape index (κ3) is 3.03. The van der Waals surface area contributed by atoms with E-state index < -0.39 is 6.10 Å². The summed E-state index contributed by atoms with van der Waals surface area (Å²) in [6.07, 6.45) is 6.97. The molecular weight excluding hydrogens is 182 g/mol. The van der Waals surface area contributed by atoms with Crippen LogP contribution >= 0.6 is 12.2 Å². The maximum Gasteiger partial charge on any atom is 0.0813 e. The number of allylic oxidation sites excluding steroid dienone is 3. The van der Waals surface area contributed by atoms with Gasteiger partial charge < -0.3 is 10.4 Å². The molecule has 1 unspecified atom stereocenters. The van der Waals surface area contributed by atoms with Gasteiger partial charge in [-0.05, 0) is 25.6 Å². The average Bonchev–Trinajstić information content (AvgIpc) is 2.15. The summed E-state index contributed by atoms with van der Waals surface area (Å²) < 4.78 is 0. The van der Waals surface area contributed by atoms with E-state index in [1.54, 1.807) is 0 Å². The zero-order valence-electron chi connectivity index (χ0n) is 7.79. The van der Waals surface area contributed by atoms with Gasteiger partial charge in [0.05, 0.1) is 6.10 Å². The molecule has 0 aromatic heterocycles. The summed E-state index contributed by atoms with van der Waals surface area (Å²) in [5, 5.41) is 12.7. The molecule has 0 bridgehead atoms. The fraction of sp³-hybridized carbons (Fsp3) is 0.500. The molecule has 0 saturated carbocycles. The van der Waals surface area contributed by atoms with Gasteiger partial charge in [-0.25, -0.2) is 0 Å². The molecule has 3 heteroatoms. The van der Waals surface area contributed by atoms with Gasteiger partial charge in [-0.15, -0.1) is 0 Å². The van der Waals surface area contributed by atoms with Crippen LogP contribution in [0.4, 0.5) is 0 Å². The second-order valence-electron chi connectivity index (χ2n) is 3.09. The highest BCUT2D eigenvalue weighted by molar-refractivity contribution is 7.80. The van der Waals surface area contributed by atoms with E-state index in [0.717, 1.165) is 29.8 Å². The topological polar surface area (TPSA) is 32.3 Å². The fourth-order valence-electron chi connectivity index (χ4n) is 1.29. The van der Waals surface area contributed by atoms with Crippen molar-refractivity contribution in [2.45, 2.75) is 18.9 Å². The Balaban J connectivity index is 2.53. The molecule has 0 amide bonds. The van der Waals surface area contributed by atoms with Crippen molar-refractivity contribution in [1.82, 2.24) is 5.32 Å². The Hall–Kier alpha value is -0.510. The number of aliphatic hydroxyl groups excluding tert-OH is 1. The molecule has 2 N–H and O–H groups in total. The van der Waals surface area contributed by atoms with Crippen LogP contribution in [0.5, 0.6) is 0 Å².